The van der Waals surface area contributed by atoms with Crippen LogP contribution in [-0.4, -0.2) is 47.7 Å². The minimum atomic E-state index is -0.379. The van der Waals surface area contributed by atoms with Gasteiger partial charge in [0.25, 0.3) is 5.69 Å². The first-order chi connectivity index (χ1) is 9.10. The smallest absolute Gasteiger partial charge is 0.269 e. The van der Waals surface area contributed by atoms with Crippen molar-refractivity contribution < 1.29 is 10.0 Å². The Hall–Kier alpha value is -1.50. The van der Waals surface area contributed by atoms with Gasteiger partial charge in [-0.05, 0) is 19.0 Å². The highest BCUT2D eigenvalue weighted by Gasteiger charge is 2.23. The van der Waals surface area contributed by atoms with Crippen LogP contribution in [0.5, 0.6) is 0 Å². The summed E-state index contributed by atoms with van der Waals surface area (Å²) in [5.74, 6) is 0. The summed E-state index contributed by atoms with van der Waals surface area (Å²) >= 11 is 0. The third kappa shape index (κ3) is 3.50. The third-order valence-electron chi connectivity index (χ3n) is 3.52. The lowest BCUT2D eigenvalue weighted by molar-refractivity contribution is -0.384. The molecule has 1 aromatic rings. The monoisotopic (exact) mass is 265 g/mol. The SMILES string of the molecule is CN[C@H](CN1CCC(O)C1)c1cccc([N+](=O)[O-])c1. The molecule has 1 aliphatic heterocycles. The molecule has 0 aliphatic carbocycles. The number of hydrogen-bond donors (Lipinski definition) is 2. The van der Waals surface area contributed by atoms with Crippen molar-refractivity contribution in [1.29, 1.82) is 0 Å². The van der Waals surface area contributed by atoms with E-state index in [9.17, 15) is 15.2 Å². The maximum Gasteiger partial charge on any atom is 0.269 e. The topological polar surface area (TPSA) is 78.6 Å². The molecule has 1 fully saturated rings. The second-order valence-corrected chi connectivity index (χ2v) is 4.90. The van der Waals surface area contributed by atoms with Crippen LogP contribution in [0.1, 0.15) is 18.0 Å². The number of nitrogens with one attached hydrogen (secondary N) is 1. The van der Waals surface area contributed by atoms with Crippen molar-refractivity contribution in [2.75, 3.05) is 26.7 Å². The van der Waals surface area contributed by atoms with Gasteiger partial charge < -0.3 is 10.4 Å². The molecule has 0 saturated carbocycles. The number of aliphatic hydroxyl groups excluding tert-OH is 1. The highest BCUT2D eigenvalue weighted by molar-refractivity contribution is 5.36. The quantitative estimate of drug-likeness (QED) is 0.611. The van der Waals surface area contributed by atoms with Crippen molar-refractivity contribution in [3.8, 4) is 0 Å². The van der Waals surface area contributed by atoms with Crippen molar-refractivity contribution in [3.05, 3.63) is 39.9 Å². The molecule has 0 radical (unpaired) electrons. The number of likely N-dealkylation sites (tertiary alicyclic amines) is 1. The van der Waals surface area contributed by atoms with Crippen molar-refractivity contribution in [1.82, 2.24) is 10.2 Å². The first-order valence-corrected chi connectivity index (χ1v) is 6.42. The molecule has 6 heteroatoms. The fraction of sp³-hybridized carbons (Fsp3) is 0.538. The molecular formula is C13H19N3O3. The van der Waals surface area contributed by atoms with E-state index >= 15 is 0 Å². The molecule has 2 atom stereocenters. The van der Waals surface area contributed by atoms with E-state index in [1.807, 2.05) is 13.1 Å². The largest absolute Gasteiger partial charge is 0.392 e. The summed E-state index contributed by atoms with van der Waals surface area (Å²) in [6.45, 7) is 2.29. The maximum absolute atomic E-state index is 10.8. The number of likely N-dealkylation sites (N-methyl/N-ethyl adjacent to an activating group) is 1. The van der Waals surface area contributed by atoms with Gasteiger partial charge in [-0.3, -0.25) is 15.0 Å². The van der Waals surface area contributed by atoms with Gasteiger partial charge in [-0.25, -0.2) is 0 Å². The molecule has 2 rings (SSSR count). The number of rotatable bonds is 5. The van der Waals surface area contributed by atoms with Crippen molar-refractivity contribution in [2.45, 2.75) is 18.6 Å². The van der Waals surface area contributed by atoms with E-state index in [1.54, 1.807) is 12.1 Å². The number of nitrogens with zero attached hydrogens (tertiary/aromatic N) is 2. The number of nitro groups is 1. The fourth-order valence-corrected chi connectivity index (χ4v) is 2.45. The zero-order valence-corrected chi connectivity index (χ0v) is 11.0. The molecule has 6 nitrogen and oxygen atoms in total. The molecule has 1 aromatic carbocycles. The van der Waals surface area contributed by atoms with E-state index in [2.05, 4.69) is 10.2 Å². The summed E-state index contributed by atoms with van der Waals surface area (Å²) < 4.78 is 0. The normalized spacial score (nSPS) is 21.5. The summed E-state index contributed by atoms with van der Waals surface area (Å²) in [7, 11) is 1.84. The molecule has 0 amide bonds. The van der Waals surface area contributed by atoms with Crippen molar-refractivity contribution in [2.24, 2.45) is 0 Å². The maximum atomic E-state index is 10.8. The number of aliphatic hydroxyl groups is 1. The predicted molar refractivity (Wildman–Crippen MR) is 72.0 cm³/mol. The van der Waals surface area contributed by atoms with Crippen LogP contribution in [-0.2, 0) is 0 Å². The van der Waals surface area contributed by atoms with Gasteiger partial charge >= 0.3 is 0 Å². The first kappa shape index (κ1) is 13.9. The first-order valence-electron chi connectivity index (χ1n) is 6.42. The van der Waals surface area contributed by atoms with Gasteiger partial charge in [0.05, 0.1) is 11.0 Å². The van der Waals surface area contributed by atoms with Gasteiger partial charge in [-0.1, -0.05) is 12.1 Å². The third-order valence-corrected chi connectivity index (χ3v) is 3.52. The van der Waals surface area contributed by atoms with Crippen LogP contribution in [0.25, 0.3) is 0 Å². The van der Waals surface area contributed by atoms with Gasteiger partial charge in [-0.2, -0.15) is 0 Å². The molecule has 1 heterocycles. The Labute approximate surface area is 112 Å². The fourth-order valence-electron chi connectivity index (χ4n) is 2.45. The summed E-state index contributed by atoms with van der Waals surface area (Å²) in [5.41, 5.74) is 1.01. The van der Waals surface area contributed by atoms with Crippen LogP contribution in [0.15, 0.2) is 24.3 Å². The lowest BCUT2D eigenvalue weighted by Gasteiger charge is -2.23. The van der Waals surface area contributed by atoms with Crippen molar-refractivity contribution >= 4 is 5.69 Å². The standard InChI is InChI=1S/C13H19N3O3/c1-14-13(9-15-6-5-12(17)8-15)10-3-2-4-11(7-10)16(18)19/h2-4,7,12-14,17H,5-6,8-9H2,1H3/t12?,13-/m1/s1. The van der Waals surface area contributed by atoms with Gasteiger partial charge in [0.1, 0.15) is 0 Å². The molecule has 0 spiro atoms. The Morgan fingerprint density at radius 1 is 1.63 bits per heavy atom. The number of β-amino-alcohol motifs (C(OH)–C–C–N with tert-alkyl or cyclic N) is 1. The van der Waals surface area contributed by atoms with Crippen LogP contribution in [0.4, 0.5) is 5.69 Å². The van der Waals surface area contributed by atoms with Gasteiger partial charge in [0.2, 0.25) is 0 Å². The summed E-state index contributed by atoms with van der Waals surface area (Å²) in [6.07, 6.45) is 0.549. The van der Waals surface area contributed by atoms with E-state index in [-0.39, 0.29) is 22.8 Å². The van der Waals surface area contributed by atoms with Crippen molar-refractivity contribution in [3.63, 3.8) is 0 Å². The molecular weight excluding hydrogens is 246 g/mol. The number of benzene rings is 1. The van der Waals surface area contributed by atoms with Crippen LogP contribution in [0, 0.1) is 10.1 Å². The second kappa shape index (κ2) is 6.10. The van der Waals surface area contributed by atoms with Gasteiger partial charge in [0, 0.05) is 37.8 Å². The average Bonchev–Trinajstić information content (AvgIpc) is 2.81. The number of hydrogen-bond acceptors (Lipinski definition) is 5. The molecule has 0 aromatic heterocycles. The zero-order chi connectivity index (χ0) is 13.8. The van der Waals surface area contributed by atoms with E-state index in [1.165, 1.54) is 6.07 Å². The van der Waals surface area contributed by atoms with E-state index in [0.29, 0.717) is 6.54 Å². The second-order valence-electron chi connectivity index (χ2n) is 4.90. The summed E-state index contributed by atoms with van der Waals surface area (Å²) in [4.78, 5) is 12.6. The van der Waals surface area contributed by atoms with Gasteiger partial charge in [0.15, 0.2) is 0 Å². The Balaban J connectivity index is 2.08. The van der Waals surface area contributed by atoms with Crippen LogP contribution in [0.2, 0.25) is 0 Å². The van der Waals surface area contributed by atoms with E-state index in [0.717, 1.165) is 25.1 Å². The molecule has 0 bridgehead atoms. The Kier molecular flexibility index (Phi) is 4.47. The van der Waals surface area contributed by atoms with E-state index < -0.39 is 0 Å². The lowest BCUT2D eigenvalue weighted by atomic mass is 10.1. The average molecular weight is 265 g/mol. The minimum Gasteiger partial charge on any atom is -0.392 e. The molecule has 1 unspecified atom stereocenters. The van der Waals surface area contributed by atoms with Crippen LogP contribution >= 0.6 is 0 Å². The summed E-state index contributed by atoms with van der Waals surface area (Å²) in [5, 5.41) is 23.5. The summed E-state index contributed by atoms with van der Waals surface area (Å²) in [6, 6.07) is 6.73. The molecule has 1 saturated heterocycles. The zero-order valence-electron chi connectivity index (χ0n) is 11.0. The Bertz CT molecular complexity index is 453. The molecule has 2 N–H and O–H groups in total. The van der Waals surface area contributed by atoms with Crippen LogP contribution < -0.4 is 5.32 Å². The highest BCUT2D eigenvalue weighted by Crippen LogP contribution is 2.21. The van der Waals surface area contributed by atoms with Crippen LogP contribution in [0.3, 0.4) is 0 Å². The minimum absolute atomic E-state index is 0.0326. The number of nitro benzene ring substituents is 1. The van der Waals surface area contributed by atoms with E-state index in [4.69, 9.17) is 0 Å². The number of non-ortho nitro benzene ring substituents is 1. The lowest BCUT2D eigenvalue weighted by Crippen LogP contribution is -2.33. The highest BCUT2D eigenvalue weighted by atomic mass is 16.6. The molecule has 19 heavy (non-hydrogen) atoms. The molecule has 1 aliphatic rings. The Morgan fingerprint density at radius 2 is 2.42 bits per heavy atom. The molecule has 104 valence electrons. The predicted octanol–water partition coefficient (Wildman–Crippen LogP) is 0.922. The van der Waals surface area contributed by atoms with Gasteiger partial charge in [-0.15, -0.1) is 0 Å². The Morgan fingerprint density at radius 3 is 3.00 bits per heavy atom.